The molecule has 2 N–H and O–H groups in total. The van der Waals surface area contributed by atoms with Crippen LogP contribution in [0.15, 0.2) is 72.8 Å². The molecule has 2 aliphatic rings. The summed E-state index contributed by atoms with van der Waals surface area (Å²) in [5.74, 6) is 0.0221. The van der Waals surface area contributed by atoms with Crippen LogP contribution in [0.1, 0.15) is 23.1 Å². The van der Waals surface area contributed by atoms with Crippen molar-refractivity contribution in [3.63, 3.8) is 0 Å². The number of fused-ring (bicyclic) bond motifs is 2. The zero-order valence-electron chi connectivity index (χ0n) is 17.0. The Labute approximate surface area is 180 Å². The smallest absolute Gasteiger partial charge is 0.266 e. The molecule has 0 bridgehead atoms. The lowest BCUT2D eigenvalue weighted by Gasteiger charge is -2.25. The van der Waals surface area contributed by atoms with Crippen LogP contribution in [0.4, 0.5) is 11.4 Å². The topological polar surface area (TPSA) is 70.7 Å². The highest BCUT2D eigenvalue weighted by atomic mass is 16.5. The van der Waals surface area contributed by atoms with Gasteiger partial charge in [-0.2, -0.15) is 0 Å². The Morgan fingerprint density at radius 1 is 1.00 bits per heavy atom. The van der Waals surface area contributed by atoms with E-state index in [-0.39, 0.29) is 18.2 Å². The Morgan fingerprint density at radius 2 is 1.77 bits per heavy atom. The van der Waals surface area contributed by atoms with Gasteiger partial charge in [0.1, 0.15) is 5.75 Å². The van der Waals surface area contributed by atoms with E-state index >= 15 is 0 Å². The highest BCUT2D eigenvalue weighted by Gasteiger charge is 2.29. The molecule has 0 unspecified atom stereocenters. The van der Waals surface area contributed by atoms with Crippen LogP contribution in [0.5, 0.6) is 5.75 Å². The highest BCUT2D eigenvalue weighted by Crippen LogP contribution is 2.30. The van der Waals surface area contributed by atoms with Gasteiger partial charge in [-0.15, -0.1) is 0 Å². The lowest BCUT2D eigenvalue weighted by molar-refractivity contribution is -0.128. The molecule has 3 aromatic carbocycles. The van der Waals surface area contributed by atoms with Gasteiger partial charge in [0.25, 0.3) is 5.91 Å². The molecule has 1 atom stereocenters. The minimum atomic E-state index is -0.842. The van der Waals surface area contributed by atoms with Gasteiger partial charge in [0.05, 0.1) is 12.1 Å². The first-order valence-corrected chi connectivity index (χ1v) is 10.4. The molecule has 0 aromatic heterocycles. The van der Waals surface area contributed by atoms with Crippen LogP contribution in [0.25, 0.3) is 0 Å². The van der Waals surface area contributed by atoms with Gasteiger partial charge in [-0.1, -0.05) is 48.5 Å². The molecule has 6 heteroatoms. The third-order valence-corrected chi connectivity index (χ3v) is 5.60. The van der Waals surface area contributed by atoms with Crippen molar-refractivity contribution in [1.29, 1.82) is 0 Å². The molecule has 5 rings (SSSR count). The SMILES string of the molecule is O=C(C[C@@H]1Oc2ccccc2NC1=O)Nc1ccc2c(c1)CN(Cc1ccccc1)C2. The van der Waals surface area contributed by atoms with Crippen LogP contribution in [0.3, 0.4) is 0 Å². The minimum Gasteiger partial charge on any atom is -0.478 e. The molecule has 0 spiro atoms. The van der Waals surface area contributed by atoms with Crippen molar-refractivity contribution < 1.29 is 14.3 Å². The Balaban J connectivity index is 1.20. The first-order valence-electron chi connectivity index (χ1n) is 10.4. The summed E-state index contributed by atoms with van der Waals surface area (Å²) in [4.78, 5) is 27.2. The summed E-state index contributed by atoms with van der Waals surface area (Å²) in [7, 11) is 0. The van der Waals surface area contributed by atoms with E-state index in [2.05, 4.69) is 45.9 Å². The zero-order chi connectivity index (χ0) is 21.2. The fraction of sp³-hybridized carbons (Fsp3) is 0.200. The van der Waals surface area contributed by atoms with Gasteiger partial charge >= 0.3 is 0 Å². The maximum Gasteiger partial charge on any atom is 0.266 e. The highest BCUT2D eigenvalue weighted by molar-refractivity contribution is 6.02. The van der Waals surface area contributed by atoms with Gasteiger partial charge in [-0.05, 0) is 41.0 Å². The van der Waals surface area contributed by atoms with Crippen molar-refractivity contribution in [2.24, 2.45) is 0 Å². The molecule has 31 heavy (non-hydrogen) atoms. The molecule has 156 valence electrons. The van der Waals surface area contributed by atoms with Crippen LogP contribution < -0.4 is 15.4 Å². The van der Waals surface area contributed by atoms with Crippen molar-refractivity contribution >= 4 is 23.2 Å². The number of ether oxygens (including phenoxy) is 1. The minimum absolute atomic E-state index is 0.0443. The maximum absolute atomic E-state index is 12.6. The number of nitrogens with one attached hydrogen (secondary N) is 2. The quantitative estimate of drug-likeness (QED) is 0.665. The summed E-state index contributed by atoms with van der Waals surface area (Å²) >= 11 is 0. The molecule has 2 aliphatic heterocycles. The van der Waals surface area contributed by atoms with E-state index in [4.69, 9.17) is 4.74 Å². The standard InChI is InChI=1S/C25H23N3O3/c29-24(13-23-25(30)27-21-8-4-5-9-22(21)31-23)26-20-11-10-18-15-28(16-19(18)12-20)14-17-6-2-1-3-7-17/h1-12,23H,13-16H2,(H,26,29)(H,27,30)/t23-/m0/s1. The normalized spacial score (nSPS) is 17.3. The average Bonchev–Trinajstić information content (AvgIpc) is 3.16. The molecule has 2 heterocycles. The first kappa shape index (κ1) is 19.3. The van der Waals surface area contributed by atoms with Crippen LogP contribution >= 0.6 is 0 Å². The zero-order valence-corrected chi connectivity index (χ0v) is 17.0. The third kappa shape index (κ3) is 4.29. The van der Waals surface area contributed by atoms with E-state index < -0.39 is 6.10 Å². The van der Waals surface area contributed by atoms with E-state index in [1.54, 1.807) is 12.1 Å². The fourth-order valence-electron chi connectivity index (χ4n) is 4.10. The molecule has 0 saturated carbocycles. The number of anilines is 2. The molecule has 0 saturated heterocycles. The summed E-state index contributed by atoms with van der Waals surface area (Å²) in [5.41, 5.74) is 5.15. The number of carbonyl (C=O) groups excluding carboxylic acids is 2. The van der Waals surface area contributed by atoms with Crippen molar-refractivity contribution in [1.82, 2.24) is 4.90 Å². The Kier molecular flexibility index (Phi) is 5.14. The lowest BCUT2D eigenvalue weighted by atomic mass is 10.1. The largest absolute Gasteiger partial charge is 0.478 e. The summed E-state index contributed by atoms with van der Waals surface area (Å²) in [6.45, 7) is 2.64. The summed E-state index contributed by atoms with van der Waals surface area (Å²) in [5, 5.41) is 5.70. The molecule has 6 nitrogen and oxygen atoms in total. The van der Waals surface area contributed by atoms with Crippen LogP contribution in [0.2, 0.25) is 0 Å². The molecule has 0 fully saturated rings. The van der Waals surface area contributed by atoms with Crippen LogP contribution in [-0.2, 0) is 29.2 Å². The second kappa shape index (κ2) is 8.24. The van der Waals surface area contributed by atoms with Gasteiger partial charge in [0.15, 0.2) is 6.10 Å². The van der Waals surface area contributed by atoms with Crippen molar-refractivity contribution in [3.05, 3.63) is 89.5 Å². The van der Waals surface area contributed by atoms with Crippen LogP contribution in [0, 0.1) is 0 Å². The predicted octanol–water partition coefficient (Wildman–Crippen LogP) is 3.93. The van der Waals surface area contributed by atoms with Gasteiger partial charge < -0.3 is 15.4 Å². The van der Waals surface area contributed by atoms with E-state index in [1.807, 2.05) is 30.3 Å². The molecule has 3 aromatic rings. The van der Waals surface area contributed by atoms with Crippen molar-refractivity contribution in [2.75, 3.05) is 10.6 Å². The molecule has 0 radical (unpaired) electrons. The van der Waals surface area contributed by atoms with Gasteiger partial charge in [-0.25, -0.2) is 0 Å². The number of amides is 2. The summed E-state index contributed by atoms with van der Waals surface area (Å²) in [6.07, 6.45) is -0.886. The van der Waals surface area contributed by atoms with E-state index in [1.165, 1.54) is 16.7 Å². The monoisotopic (exact) mass is 413 g/mol. The first-order chi connectivity index (χ1) is 15.1. The number of hydrogen-bond acceptors (Lipinski definition) is 4. The molecule has 0 aliphatic carbocycles. The Morgan fingerprint density at radius 3 is 2.65 bits per heavy atom. The Hall–Kier alpha value is -3.64. The molecular formula is C25H23N3O3. The van der Waals surface area contributed by atoms with Crippen molar-refractivity contribution in [3.8, 4) is 5.75 Å². The number of hydrogen-bond donors (Lipinski definition) is 2. The average molecular weight is 413 g/mol. The number of carbonyl (C=O) groups is 2. The maximum atomic E-state index is 12.6. The Bertz CT molecular complexity index is 1130. The van der Waals surface area contributed by atoms with Gasteiger partial charge in [0, 0.05) is 25.3 Å². The van der Waals surface area contributed by atoms with E-state index in [9.17, 15) is 9.59 Å². The number of benzene rings is 3. The lowest BCUT2D eigenvalue weighted by Crippen LogP contribution is -2.39. The molecular weight excluding hydrogens is 390 g/mol. The third-order valence-electron chi connectivity index (χ3n) is 5.60. The van der Waals surface area contributed by atoms with Gasteiger partial charge in [0.2, 0.25) is 5.91 Å². The number of rotatable bonds is 5. The van der Waals surface area contributed by atoms with Crippen molar-refractivity contribution in [2.45, 2.75) is 32.2 Å². The summed E-state index contributed by atoms with van der Waals surface area (Å²) < 4.78 is 5.72. The number of nitrogens with zero attached hydrogens (tertiary/aromatic N) is 1. The predicted molar refractivity (Wildman–Crippen MR) is 119 cm³/mol. The van der Waals surface area contributed by atoms with Gasteiger partial charge in [-0.3, -0.25) is 14.5 Å². The van der Waals surface area contributed by atoms with Crippen LogP contribution in [-0.4, -0.2) is 22.8 Å². The molecule has 2 amide bonds. The second-order valence-electron chi connectivity index (χ2n) is 7.96. The fourth-order valence-corrected chi connectivity index (χ4v) is 4.10. The summed E-state index contributed by atoms with van der Waals surface area (Å²) in [6, 6.07) is 23.6. The van der Waals surface area contributed by atoms with E-state index in [0.29, 0.717) is 11.4 Å². The van der Waals surface area contributed by atoms with E-state index in [0.717, 1.165) is 25.3 Å². The number of para-hydroxylation sites is 2. The second-order valence-corrected chi connectivity index (χ2v) is 7.96.